The molecule has 1 rings (SSSR count). The lowest BCUT2D eigenvalue weighted by Crippen LogP contribution is -2.00. The van der Waals surface area contributed by atoms with Crippen LogP contribution in [0.2, 0.25) is 0 Å². The zero-order valence-electron chi connectivity index (χ0n) is 5.32. The second-order valence-corrected chi connectivity index (χ2v) is 1.62. The minimum Gasteiger partial charge on any atom is -0.369 e. The first-order chi connectivity index (χ1) is 4.34. The summed E-state index contributed by atoms with van der Waals surface area (Å²) < 4.78 is 1.69. The highest BCUT2D eigenvalue weighted by Crippen LogP contribution is 1.95. The van der Waals surface area contributed by atoms with Crippen LogP contribution in [-0.4, -0.2) is 9.55 Å². The van der Waals surface area contributed by atoms with Gasteiger partial charge in [-0.25, -0.2) is 4.98 Å². The molecule has 0 aliphatic carbocycles. The summed E-state index contributed by atoms with van der Waals surface area (Å²) in [5.74, 6) is 2.92. The van der Waals surface area contributed by atoms with Crippen molar-refractivity contribution >= 4 is 18.4 Å². The predicted molar refractivity (Wildman–Crippen MR) is 42.7 cm³/mol. The zero-order valence-corrected chi connectivity index (χ0v) is 6.14. The number of hydrogen-bond acceptors (Lipinski definition) is 2. The number of aromatic nitrogens is 2. The van der Waals surface area contributed by atoms with E-state index in [9.17, 15) is 0 Å². The number of imidazole rings is 1. The number of anilines is 1. The van der Waals surface area contributed by atoms with E-state index in [1.165, 1.54) is 0 Å². The van der Waals surface area contributed by atoms with Crippen LogP contribution in [0.3, 0.4) is 0 Å². The molecule has 1 heterocycles. The molecule has 0 spiro atoms. The van der Waals surface area contributed by atoms with Crippen LogP contribution in [0.4, 0.5) is 5.95 Å². The Kier molecular flexibility index (Phi) is 3.37. The summed E-state index contributed by atoms with van der Waals surface area (Å²) in [4.78, 5) is 3.78. The second-order valence-electron chi connectivity index (χ2n) is 1.62. The first-order valence-electron chi connectivity index (χ1n) is 2.54. The Balaban J connectivity index is 0.000000810. The molecule has 0 aromatic carbocycles. The van der Waals surface area contributed by atoms with Gasteiger partial charge in [-0.05, 0) is 0 Å². The number of rotatable bonds is 1. The van der Waals surface area contributed by atoms with Crippen molar-refractivity contribution < 1.29 is 0 Å². The summed E-state index contributed by atoms with van der Waals surface area (Å²) in [6, 6.07) is 0. The molecule has 0 unspecified atom stereocenters. The van der Waals surface area contributed by atoms with E-state index in [1.807, 2.05) is 0 Å². The van der Waals surface area contributed by atoms with Crippen LogP contribution >= 0.6 is 12.4 Å². The monoisotopic (exact) mass is 157 g/mol. The largest absolute Gasteiger partial charge is 0.369 e. The van der Waals surface area contributed by atoms with Gasteiger partial charge in [0.25, 0.3) is 0 Å². The number of terminal acetylenes is 1. The SMILES string of the molecule is C#CCn1ccnc1N.Cl. The van der Waals surface area contributed by atoms with Gasteiger partial charge in [0, 0.05) is 12.4 Å². The van der Waals surface area contributed by atoms with Gasteiger partial charge in [-0.15, -0.1) is 18.8 Å². The molecule has 0 fully saturated rings. The number of nitrogens with zero attached hydrogens (tertiary/aromatic N) is 2. The predicted octanol–water partition coefficient (Wildman–Crippen LogP) is 0.520. The van der Waals surface area contributed by atoms with Crippen molar-refractivity contribution in [3.05, 3.63) is 12.4 Å². The molecule has 0 bridgehead atoms. The average molecular weight is 158 g/mol. The maximum atomic E-state index is 5.38. The molecule has 3 nitrogen and oxygen atoms in total. The Morgan fingerprint density at radius 3 is 2.90 bits per heavy atom. The van der Waals surface area contributed by atoms with E-state index in [1.54, 1.807) is 17.0 Å². The summed E-state index contributed by atoms with van der Waals surface area (Å²) in [6.07, 6.45) is 8.40. The Labute approximate surface area is 65.7 Å². The summed E-state index contributed by atoms with van der Waals surface area (Å²) in [5, 5.41) is 0. The molecule has 2 N–H and O–H groups in total. The molecular weight excluding hydrogens is 150 g/mol. The summed E-state index contributed by atoms with van der Waals surface area (Å²) in [6.45, 7) is 0.492. The normalized spacial score (nSPS) is 7.90. The maximum Gasteiger partial charge on any atom is 0.200 e. The van der Waals surface area contributed by atoms with Crippen LogP contribution in [0, 0.1) is 12.3 Å². The lowest BCUT2D eigenvalue weighted by Gasteiger charge is -1.94. The first-order valence-corrected chi connectivity index (χ1v) is 2.54. The van der Waals surface area contributed by atoms with Crippen molar-refractivity contribution in [3.63, 3.8) is 0 Å². The van der Waals surface area contributed by atoms with Crippen molar-refractivity contribution in [3.8, 4) is 12.3 Å². The third-order valence-corrected chi connectivity index (χ3v) is 1.01. The minimum atomic E-state index is 0. The Bertz CT molecular complexity index is 235. The highest BCUT2D eigenvalue weighted by molar-refractivity contribution is 5.85. The Morgan fingerprint density at radius 1 is 1.80 bits per heavy atom. The molecule has 4 heteroatoms. The molecule has 54 valence electrons. The van der Waals surface area contributed by atoms with Gasteiger partial charge < -0.3 is 10.3 Å². The molecule has 0 amide bonds. The van der Waals surface area contributed by atoms with E-state index in [0.717, 1.165) is 0 Å². The zero-order chi connectivity index (χ0) is 6.69. The molecule has 0 saturated heterocycles. The van der Waals surface area contributed by atoms with E-state index >= 15 is 0 Å². The average Bonchev–Trinajstić information content (AvgIpc) is 2.18. The van der Waals surface area contributed by atoms with Gasteiger partial charge in [-0.3, -0.25) is 0 Å². The summed E-state index contributed by atoms with van der Waals surface area (Å²) in [7, 11) is 0. The molecule has 0 saturated carbocycles. The smallest absolute Gasteiger partial charge is 0.200 e. The van der Waals surface area contributed by atoms with E-state index < -0.39 is 0 Å². The molecule has 10 heavy (non-hydrogen) atoms. The van der Waals surface area contributed by atoms with Crippen molar-refractivity contribution in [1.29, 1.82) is 0 Å². The van der Waals surface area contributed by atoms with E-state index in [-0.39, 0.29) is 12.4 Å². The van der Waals surface area contributed by atoms with Gasteiger partial charge >= 0.3 is 0 Å². The van der Waals surface area contributed by atoms with Crippen LogP contribution < -0.4 is 5.73 Å². The molecule has 0 atom stereocenters. The fourth-order valence-corrected chi connectivity index (χ4v) is 0.573. The van der Waals surface area contributed by atoms with Gasteiger partial charge in [-0.1, -0.05) is 5.92 Å². The lowest BCUT2D eigenvalue weighted by atomic mass is 10.6. The standard InChI is InChI=1S/C6H7N3.ClH/c1-2-4-9-5-3-8-6(9)7;/h1,3,5H,4H2,(H2,7,8);1H. The van der Waals surface area contributed by atoms with Gasteiger partial charge in [0.15, 0.2) is 0 Å². The van der Waals surface area contributed by atoms with Gasteiger partial charge in [0.2, 0.25) is 5.95 Å². The maximum absolute atomic E-state index is 5.38. The topological polar surface area (TPSA) is 43.8 Å². The third kappa shape index (κ3) is 1.67. The molecular formula is C6H8ClN3. The molecule has 1 aromatic heterocycles. The van der Waals surface area contributed by atoms with E-state index in [2.05, 4.69) is 10.9 Å². The molecule has 0 radical (unpaired) electrons. The van der Waals surface area contributed by atoms with E-state index in [0.29, 0.717) is 12.5 Å². The molecule has 1 aromatic rings. The van der Waals surface area contributed by atoms with Gasteiger partial charge in [-0.2, -0.15) is 0 Å². The fourth-order valence-electron chi connectivity index (χ4n) is 0.573. The Hall–Kier alpha value is -1.14. The van der Waals surface area contributed by atoms with Crippen molar-refractivity contribution in [2.45, 2.75) is 6.54 Å². The van der Waals surface area contributed by atoms with Crippen LogP contribution in [0.25, 0.3) is 0 Å². The highest BCUT2D eigenvalue weighted by Gasteiger charge is 1.91. The van der Waals surface area contributed by atoms with Crippen molar-refractivity contribution in [1.82, 2.24) is 9.55 Å². The van der Waals surface area contributed by atoms with Crippen molar-refractivity contribution in [2.24, 2.45) is 0 Å². The van der Waals surface area contributed by atoms with E-state index in [4.69, 9.17) is 12.2 Å². The number of hydrogen-bond donors (Lipinski definition) is 1. The molecule has 0 aliphatic heterocycles. The quantitative estimate of drug-likeness (QED) is 0.604. The lowest BCUT2D eigenvalue weighted by molar-refractivity contribution is 0.855. The van der Waals surface area contributed by atoms with Crippen LogP contribution in [0.1, 0.15) is 0 Å². The van der Waals surface area contributed by atoms with Crippen LogP contribution in [-0.2, 0) is 6.54 Å². The fraction of sp³-hybridized carbons (Fsp3) is 0.167. The highest BCUT2D eigenvalue weighted by atomic mass is 35.5. The summed E-state index contributed by atoms with van der Waals surface area (Å²) in [5.41, 5.74) is 5.38. The Morgan fingerprint density at radius 2 is 2.50 bits per heavy atom. The van der Waals surface area contributed by atoms with Gasteiger partial charge in [0.1, 0.15) is 0 Å². The van der Waals surface area contributed by atoms with Crippen LogP contribution in [0.15, 0.2) is 12.4 Å². The van der Waals surface area contributed by atoms with Gasteiger partial charge in [0.05, 0.1) is 6.54 Å². The molecule has 0 aliphatic rings. The first kappa shape index (κ1) is 8.86. The number of nitrogens with two attached hydrogens (primary N) is 1. The van der Waals surface area contributed by atoms with Crippen molar-refractivity contribution in [2.75, 3.05) is 5.73 Å². The minimum absolute atomic E-state index is 0. The number of nitrogen functional groups attached to an aromatic ring is 1. The van der Waals surface area contributed by atoms with Crippen LogP contribution in [0.5, 0.6) is 0 Å². The summed E-state index contributed by atoms with van der Waals surface area (Å²) >= 11 is 0. The number of halogens is 1. The third-order valence-electron chi connectivity index (χ3n) is 1.01. The second kappa shape index (κ2) is 3.80.